The third-order valence-corrected chi connectivity index (χ3v) is 2.86. The van der Waals surface area contributed by atoms with Crippen molar-refractivity contribution in [2.45, 2.75) is 31.9 Å². The SMILES string of the molecule is FC(F)Oc1cc(Cl)ccc1NC1CCC1. The summed E-state index contributed by atoms with van der Waals surface area (Å²) >= 11 is 5.73. The van der Waals surface area contributed by atoms with Gasteiger partial charge in [0.2, 0.25) is 0 Å². The summed E-state index contributed by atoms with van der Waals surface area (Å²) in [6.07, 6.45) is 3.31. The van der Waals surface area contributed by atoms with Crippen LogP contribution in [0.5, 0.6) is 5.75 Å². The molecule has 88 valence electrons. The topological polar surface area (TPSA) is 21.3 Å². The standard InChI is InChI=1S/C11H12ClF2NO/c12-7-4-5-9(15-8-2-1-3-8)10(6-7)16-11(13)14/h4-6,8,11,15H,1-3H2. The molecule has 5 heteroatoms. The van der Waals surface area contributed by atoms with E-state index in [9.17, 15) is 8.78 Å². The van der Waals surface area contributed by atoms with E-state index in [1.54, 1.807) is 12.1 Å². The van der Waals surface area contributed by atoms with Crippen LogP contribution in [-0.2, 0) is 0 Å². The monoisotopic (exact) mass is 247 g/mol. The lowest BCUT2D eigenvalue weighted by Crippen LogP contribution is -2.27. The van der Waals surface area contributed by atoms with Gasteiger partial charge in [0.1, 0.15) is 0 Å². The van der Waals surface area contributed by atoms with Gasteiger partial charge in [-0.15, -0.1) is 0 Å². The maximum absolute atomic E-state index is 12.2. The van der Waals surface area contributed by atoms with Crippen molar-refractivity contribution in [1.82, 2.24) is 0 Å². The largest absolute Gasteiger partial charge is 0.433 e. The minimum atomic E-state index is -2.83. The molecule has 1 fully saturated rings. The van der Waals surface area contributed by atoms with Crippen molar-refractivity contribution >= 4 is 17.3 Å². The van der Waals surface area contributed by atoms with Gasteiger partial charge in [-0.2, -0.15) is 8.78 Å². The Balaban J connectivity index is 2.13. The van der Waals surface area contributed by atoms with Crippen LogP contribution in [0.4, 0.5) is 14.5 Å². The van der Waals surface area contributed by atoms with E-state index < -0.39 is 6.61 Å². The fourth-order valence-electron chi connectivity index (χ4n) is 1.58. The molecule has 1 saturated carbocycles. The van der Waals surface area contributed by atoms with Crippen LogP contribution in [0.25, 0.3) is 0 Å². The molecular formula is C11H12ClF2NO. The number of anilines is 1. The highest BCUT2D eigenvalue weighted by atomic mass is 35.5. The normalized spacial score (nSPS) is 16.0. The molecule has 1 aromatic carbocycles. The van der Waals surface area contributed by atoms with Crippen molar-refractivity contribution in [2.24, 2.45) is 0 Å². The zero-order valence-corrected chi connectivity index (χ0v) is 9.31. The second kappa shape index (κ2) is 4.87. The van der Waals surface area contributed by atoms with Crippen molar-refractivity contribution in [1.29, 1.82) is 0 Å². The maximum atomic E-state index is 12.2. The van der Waals surface area contributed by atoms with Gasteiger partial charge in [0.15, 0.2) is 5.75 Å². The van der Waals surface area contributed by atoms with Gasteiger partial charge in [-0.1, -0.05) is 11.6 Å². The summed E-state index contributed by atoms with van der Waals surface area (Å²) in [5, 5.41) is 3.55. The van der Waals surface area contributed by atoms with Crippen LogP contribution in [-0.4, -0.2) is 12.7 Å². The summed E-state index contributed by atoms with van der Waals surface area (Å²) in [4.78, 5) is 0. The van der Waals surface area contributed by atoms with E-state index in [0.29, 0.717) is 16.8 Å². The van der Waals surface area contributed by atoms with Crippen molar-refractivity contribution in [3.63, 3.8) is 0 Å². The van der Waals surface area contributed by atoms with Crippen LogP contribution in [0, 0.1) is 0 Å². The van der Waals surface area contributed by atoms with Crippen LogP contribution >= 0.6 is 11.6 Å². The number of nitrogens with one attached hydrogen (secondary N) is 1. The number of alkyl halides is 2. The minimum Gasteiger partial charge on any atom is -0.433 e. The van der Waals surface area contributed by atoms with Crippen LogP contribution in [0.15, 0.2) is 18.2 Å². The van der Waals surface area contributed by atoms with E-state index in [2.05, 4.69) is 10.1 Å². The number of hydrogen-bond donors (Lipinski definition) is 1. The predicted molar refractivity (Wildman–Crippen MR) is 59.3 cm³/mol. The highest BCUT2D eigenvalue weighted by Crippen LogP contribution is 2.32. The first-order valence-electron chi connectivity index (χ1n) is 5.16. The van der Waals surface area contributed by atoms with Gasteiger partial charge in [-0.25, -0.2) is 0 Å². The molecule has 1 aliphatic rings. The predicted octanol–water partition coefficient (Wildman–Crippen LogP) is 3.91. The van der Waals surface area contributed by atoms with Crippen LogP contribution < -0.4 is 10.1 Å². The molecule has 0 atom stereocenters. The van der Waals surface area contributed by atoms with E-state index in [1.807, 2.05) is 0 Å². The summed E-state index contributed by atoms with van der Waals surface area (Å²) in [5.41, 5.74) is 0.578. The van der Waals surface area contributed by atoms with Crippen LogP contribution in [0.2, 0.25) is 5.02 Å². The minimum absolute atomic E-state index is 0.106. The highest BCUT2D eigenvalue weighted by Gasteiger charge is 2.19. The first-order chi connectivity index (χ1) is 7.65. The summed E-state index contributed by atoms with van der Waals surface area (Å²) in [6, 6.07) is 5.08. The number of hydrogen-bond acceptors (Lipinski definition) is 2. The van der Waals surface area contributed by atoms with Gasteiger partial charge >= 0.3 is 6.61 Å². The first-order valence-corrected chi connectivity index (χ1v) is 5.54. The lowest BCUT2D eigenvalue weighted by Gasteiger charge is -2.28. The molecule has 0 heterocycles. The molecule has 1 N–H and O–H groups in total. The molecule has 0 radical (unpaired) electrons. The average Bonchev–Trinajstić information content (AvgIpc) is 2.12. The Labute approximate surface area is 97.5 Å². The number of halogens is 3. The zero-order valence-electron chi connectivity index (χ0n) is 8.55. The Morgan fingerprint density at radius 1 is 1.38 bits per heavy atom. The van der Waals surface area contributed by atoms with Crippen molar-refractivity contribution in [3.8, 4) is 5.75 Å². The molecular weight excluding hydrogens is 236 g/mol. The van der Waals surface area contributed by atoms with Gasteiger partial charge in [0.05, 0.1) is 5.69 Å². The van der Waals surface area contributed by atoms with Gasteiger partial charge < -0.3 is 10.1 Å². The summed E-state index contributed by atoms with van der Waals surface area (Å²) in [5.74, 6) is 0.106. The lowest BCUT2D eigenvalue weighted by molar-refractivity contribution is -0.0494. The van der Waals surface area contributed by atoms with E-state index in [4.69, 9.17) is 11.6 Å². The van der Waals surface area contributed by atoms with Crippen LogP contribution in [0.3, 0.4) is 0 Å². The Kier molecular flexibility index (Phi) is 3.49. The second-order valence-corrected chi connectivity index (χ2v) is 4.23. The molecule has 1 aliphatic carbocycles. The Hall–Kier alpha value is -1.03. The number of ether oxygens (including phenoxy) is 1. The molecule has 2 rings (SSSR count). The molecule has 2 nitrogen and oxygen atoms in total. The molecule has 1 aromatic rings. The molecule has 0 amide bonds. The smallest absolute Gasteiger partial charge is 0.387 e. The molecule has 16 heavy (non-hydrogen) atoms. The summed E-state index contributed by atoms with van der Waals surface area (Å²) < 4.78 is 28.8. The van der Waals surface area contributed by atoms with E-state index >= 15 is 0 Å². The van der Waals surface area contributed by atoms with Crippen LogP contribution in [0.1, 0.15) is 19.3 Å². The zero-order chi connectivity index (χ0) is 11.5. The average molecular weight is 248 g/mol. The fraction of sp³-hybridized carbons (Fsp3) is 0.455. The van der Waals surface area contributed by atoms with E-state index in [0.717, 1.165) is 12.8 Å². The van der Waals surface area contributed by atoms with E-state index in [-0.39, 0.29) is 5.75 Å². The number of benzene rings is 1. The highest BCUT2D eigenvalue weighted by molar-refractivity contribution is 6.30. The molecule has 0 aromatic heterocycles. The summed E-state index contributed by atoms with van der Waals surface area (Å²) in [7, 11) is 0. The van der Waals surface area contributed by atoms with Crippen molar-refractivity contribution < 1.29 is 13.5 Å². The van der Waals surface area contributed by atoms with Gasteiger partial charge in [0.25, 0.3) is 0 Å². The fourth-order valence-corrected chi connectivity index (χ4v) is 1.74. The Morgan fingerprint density at radius 2 is 2.12 bits per heavy atom. The van der Waals surface area contributed by atoms with E-state index in [1.165, 1.54) is 12.5 Å². The van der Waals surface area contributed by atoms with Crippen molar-refractivity contribution in [2.75, 3.05) is 5.32 Å². The van der Waals surface area contributed by atoms with Gasteiger partial charge in [-0.05, 0) is 31.4 Å². The Bertz CT molecular complexity index is 369. The molecule has 0 unspecified atom stereocenters. The third kappa shape index (κ3) is 2.76. The van der Waals surface area contributed by atoms with Gasteiger partial charge in [0, 0.05) is 17.1 Å². The quantitative estimate of drug-likeness (QED) is 0.871. The Morgan fingerprint density at radius 3 is 2.69 bits per heavy atom. The third-order valence-electron chi connectivity index (χ3n) is 2.62. The second-order valence-electron chi connectivity index (χ2n) is 3.79. The maximum Gasteiger partial charge on any atom is 0.387 e. The van der Waals surface area contributed by atoms with Gasteiger partial charge in [-0.3, -0.25) is 0 Å². The lowest BCUT2D eigenvalue weighted by atomic mass is 9.93. The van der Waals surface area contributed by atoms with Crippen molar-refractivity contribution in [3.05, 3.63) is 23.2 Å². The molecule has 0 aliphatic heterocycles. The number of rotatable bonds is 4. The first kappa shape index (κ1) is 11.5. The molecule has 0 spiro atoms. The summed E-state index contributed by atoms with van der Waals surface area (Å²) in [6.45, 7) is -2.83. The molecule has 0 saturated heterocycles. The molecule has 0 bridgehead atoms.